The zero-order chi connectivity index (χ0) is 25.2. The molecule has 1 aliphatic rings. The fourth-order valence-electron chi connectivity index (χ4n) is 3.91. The number of aromatic nitrogens is 2. The molecule has 0 aliphatic carbocycles. The van der Waals surface area contributed by atoms with Gasteiger partial charge < -0.3 is 19.7 Å². The molecule has 1 N–H and O–H groups in total. The first-order valence-electron chi connectivity index (χ1n) is 11.8. The highest BCUT2D eigenvalue weighted by molar-refractivity contribution is 5.99. The van der Waals surface area contributed by atoms with Crippen molar-refractivity contribution in [2.75, 3.05) is 25.2 Å². The van der Waals surface area contributed by atoms with Gasteiger partial charge in [-0.2, -0.15) is 5.10 Å². The van der Waals surface area contributed by atoms with E-state index in [1.54, 1.807) is 27.8 Å². The van der Waals surface area contributed by atoms with E-state index in [0.717, 1.165) is 23.4 Å². The molecule has 0 fully saturated rings. The lowest BCUT2D eigenvalue weighted by Crippen LogP contribution is -2.38. The zero-order valence-electron chi connectivity index (χ0n) is 20.9. The molecule has 0 radical (unpaired) electrons. The van der Waals surface area contributed by atoms with E-state index < -0.39 is 0 Å². The zero-order valence-corrected chi connectivity index (χ0v) is 20.9. The number of nitrogens with one attached hydrogen (secondary N) is 1. The first-order chi connectivity index (χ1) is 16.7. The van der Waals surface area contributed by atoms with Gasteiger partial charge in [0.15, 0.2) is 11.5 Å². The van der Waals surface area contributed by atoms with Gasteiger partial charge in [0.1, 0.15) is 12.4 Å². The second kappa shape index (κ2) is 9.82. The minimum Gasteiger partial charge on any atom is -0.454 e. The van der Waals surface area contributed by atoms with Crippen LogP contribution < -0.4 is 14.8 Å². The van der Waals surface area contributed by atoms with Crippen LogP contribution in [0.15, 0.2) is 48.5 Å². The third-order valence-electron chi connectivity index (χ3n) is 5.82. The van der Waals surface area contributed by atoms with E-state index in [2.05, 4.69) is 26.1 Å². The van der Waals surface area contributed by atoms with Crippen molar-refractivity contribution < 1.29 is 19.1 Å². The number of amides is 2. The largest absolute Gasteiger partial charge is 0.454 e. The van der Waals surface area contributed by atoms with E-state index in [1.165, 1.54) is 0 Å². The minimum absolute atomic E-state index is 0.0785. The normalized spacial score (nSPS) is 12.5. The number of hydrogen-bond acceptors (Lipinski definition) is 5. The van der Waals surface area contributed by atoms with Gasteiger partial charge >= 0.3 is 0 Å². The SMILES string of the molecule is CCCN(CC(=O)Nc1cc(C(C)(C)C)nn1-c1ccccc1C)C(=O)c1ccc2c(c1)OCO2. The summed E-state index contributed by atoms with van der Waals surface area (Å²) in [6, 6.07) is 14.9. The number of hydrogen-bond donors (Lipinski definition) is 1. The molecular weight excluding hydrogens is 444 g/mol. The molecule has 184 valence electrons. The summed E-state index contributed by atoms with van der Waals surface area (Å²) >= 11 is 0. The summed E-state index contributed by atoms with van der Waals surface area (Å²) in [5, 5.41) is 7.78. The van der Waals surface area contributed by atoms with Crippen molar-refractivity contribution in [2.45, 2.75) is 46.5 Å². The number of rotatable bonds is 7. The Labute approximate surface area is 205 Å². The van der Waals surface area contributed by atoms with Crippen molar-refractivity contribution in [3.63, 3.8) is 0 Å². The predicted molar refractivity (Wildman–Crippen MR) is 134 cm³/mol. The van der Waals surface area contributed by atoms with Gasteiger partial charge in [-0.1, -0.05) is 45.9 Å². The van der Waals surface area contributed by atoms with Crippen LogP contribution in [0.2, 0.25) is 0 Å². The Kier molecular flexibility index (Phi) is 6.82. The fourth-order valence-corrected chi connectivity index (χ4v) is 3.91. The lowest BCUT2D eigenvalue weighted by atomic mass is 9.92. The van der Waals surface area contributed by atoms with Crippen molar-refractivity contribution in [3.8, 4) is 17.2 Å². The van der Waals surface area contributed by atoms with Gasteiger partial charge in [-0.15, -0.1) is 0 Å². The first kappa shape index (κ1) is 24.3. The van der Waals surface area contributed by atoms with Crippen LogP contribution in [-0.4, -0.2) is 46.4 Å². The van der Waals surface area contributed by atoms with Crippen LogP contribution in [0.3, 0.4) is 0 Å². The number of benzene rings is 2. The summed E-state index contributed by atoms with van der Waals surface area (Å²) in [5.41, 5.74) is 3.04. The average molecular weight is 477 g/mol. The third-order valence-corrected chi connectivity index (χ3v) is 5.82. The van der Waals surface area contributed by atoms with Gasteiger partial charge in [-0.3, -0.25) is 9.59 Å². The Hall–Kier alpha value is -3.81. The summed E-state index contributed by atoms with van der Waals surface area (Å²) in [5.74, 6) is 1.20. The molecule has 2 amide bonds. The van der Waals surface area contributed by atoms with Crippen LogP contribution >= 0.6 is 0 Å². The molecular formula is C27H32N4O4. The maximum absolute atomic E-state index is 13.2. The van der Waals surface area contributed by atoms with Gasteiger partial charge in [-0.25, -0.2) is 4.68 Å². The third kappa shape index (κ3) is 5.31. The maximum atomic E-state index is 13.2. The number of carbonyl (C=O) groups is 2. The molecule has 0 unspecified atom stereocenters. The van der Waals surface area contributed by atoms with Gasteiger partial charge in [0.25, 0.3) is 5.91 Å². The van der Waals surface area contributed by atoms with Crippen LogP contribution in [0.1, 0.15) is 55.7 Å². The number of anilines is 1. The summed E-state index contributed by atoms with van der Waals surface area (Å²) in [6.45, 7) is 10.7. The molecule has 0 bridgehead atoms. The molecule has 0 saturated carbocycles. The second-order valence-corrected chi connectivity index (χ2v) is 9.71. The lowest BCUT2D eigenvalue weighted by molar-refractivity contribution is -0.116. The molecule has 8 nitrogen and oxygen atoms in total. The lowest BCUT2D eigenvalue weighted by Gasteiger charge is -2.22. The quantitative estimate of drug-likeness (QED) is 0.534. The number of para-hydroxylation sites is 1. The van der Waals surface area contributed by atoms with E-state index in [9.17, 15) is 9.59 Å². The molecule has 2 heterocycles. The molecule has 0 saturated heterocycles. The Balaban J connectivity index is 1.57. The highest BCUT2D eigenvalue weighted by Crippen LogP contribution is 2.33. The van der Waals surface area contributed by atoms with E-state index in [4.69, 9.17) is 14.6 Å². The molecule has 3 aromatic rings. The topological polar surface area (TPSA) is 85.7 Å². The van der Waals surface area contributed by atoms with Gasteiger partial charge in [0.05, 0.1) is 11.4 Å². The smallest absolute Gasteiger partial charge is 0.254 e. The summed E-state index contributed by atoms with van der Waals surface area (Å²) < 4.78 is 12.5. The van der Waals surface area contributed by atoms with Crippen LogP contribution in [-0.2, 0) is 10.2 Å². The number of aryl methyl sites for hydroxylation is 1. The van der Waals surface area contributed by atoms with Crippen LogP contribution in [0.5, 0.6) is 11.5 Å². The second-order valence-electron chi connectivity index (χ2n) is 9.71. The summed E-state index contributed by atoms with van der Waals surface area (Å²) in [7, 11) is 0. The summed E-state index contributed by atoms with van der Waals surface area (Å²) in [4.78, 5) is 27.9. The average Bonchev–Trinajstić information content (AvgIpc) is 3.45. The Morgan fingerprint density at radius 3 is 2.54 bits per heavy atom. The monoisotopic (exact) mass is 476 g/mol. The van der Waals surface area contributed by atoms with E-state index >= 15 is 0 Å². The van der Waals surface area contributed by atoms with Crippen molar-refractivity contribution in [3.05, 3.63) is 65.4 Å². The molecule has 0 spiro atoms. The molecule has 4 rings (SSSR count). The number of ether oxygens (including phenoxy) is 2. The number of fused-ring (bicyclic) bond motifs is 1. The maximum Gasteiger partial charge on any atom is 0.254 e. The molecule has 8 heteroatoms. The standard InChI is InChI=1S/C27H32N4O4/c1-6-13-30(26(33)19-11-12-21-22(14-19)35-17-34-21)16-25(32)28-24-15-23(27(3,4)5)29-31(24)20-10-8-7-9-18(20)2/h7-12,14-15H,6,13,16-17H2,1-5H3,(H,28,32). The van der Waals surface area contributed by atoms with Crippen molar-refractivity contribution in [1.82, 2.24) is 14.7 Å². The fraction of sp³-hybridized carbons (Fsp3) is 0.370. The van der Waals surface area contributed by atoms with Crippen LogP contribution in [0.25, 0.3) is 5.69 Å². The van der Waals surface area contributed by atoms with Crippen LogP contribution in [0, 0.1) is 6.92 Å². The molecule has 0 atom stereocenters. The van der Waals surface area contributed by atoms with Gasteiger partial charge in [0.2, 0.25) is 12.7 Å². The molecule has 2 aromatic carbocycles. The first-order valence-corrected chi connectivity index (χ1v) is 11.8. The Bertz CT molecular complexity index is 1240. The number of nitrogens with zero attached hydrogens (tertiary/aromatic N) is 3. The molecule has 35 heavy (non-hydrogen) atoms. The highest BCUT2D eigenvalue weighted by Gasteiger charge is 2.25. The van der Waals surface area contributed by atoms with Gasteiger partial charge in [-0.05, 0) is 43.2 Å². The predicted octanol–water partition coefficient (Wildman–Crippen LogP) is 4.70. The van der Waals surface area contributed by atoms with Crippen molar-refractivity contribution in [2.24, 2.45) is 0 Å². The number of carbonyl (C=O) groups excluding carboxylic acids is 2. The van der Waals surface area contributed by atoms with E-state index in [0.29, 0.717) is 29.4 Å². The van der Waals surface area contributed by atoms with E-state index in [-0.39, 0.29) is 30.6 Å². The Morgan fingerprint density at radius 2 is 1.83 bits per heavy atom. The van der Waals surface area contributed by atoms with Crippen molar-refractivity contribution >= 4 is 17.6 Å². The van der Waals surface area contributed by atoms with Gasteiger partial charge in [0, 0.05) is 23.6 Å². The summed E-state index contributed by atoms with van der Waals surface area (Å²) in [6.07, 6.45) is 0.721. The molecule has 1 aliphatic heterocycles. The Morgan fingerprint density at radius 1 is 1.09 bits per heavy atom. The molecule has 1 aromatic heterocycles. The van der Waals surface area contributed by atoms with Crippen molar-refractivity contribution in [1.29, 1.82) is 0 Å². The van der Waals surface area contributed by atoms with Crippen LogP contribution in [0.4, 0.5) is 5.82 Å². The van der Waals surface area contributed by atoms with E-state index in [1.807, 2.05) is 44.2 Å². The highest BCUT2D eigenvalue weighted by atomic mass is 16.7. The minimum atomic E-state index is -0.289.